The summed E-state index contributed by atoms with van der Waals surface area (Å²) >= 11 is 0. The Morgan fingerprint density at radius 1 is 0.842 bits per heavy atom. The van der Waals surface area contributed by atoms with Gasteiger partial charge in [-0.3, -0.25) is 14.5 Å². The lowest BCUT2D eigenvalue weighted by atomic mass is 10.1. The second-order valence-corrected chi connectivity index (χ2v) is 9.81. The van der Waals surface area contributed by atoms with Gasteiger partial charge in [-0.05, 0) is 24.3 Å². The first kappa shape index (κ1) is 24.6. The fourth-order valence-electron chi connectivity index (χ4n) is 5.06. The molecule has 10 heteroatoms. The molecule has 0 spiro atoms. The molecule has 198 valence electrons. The Kier molecular flexibility index (Phi) is 7.08. The molecule has 4 aromatic rings. The van der Waals surface area contributed by atoms with E-state index in [1.807, 2.05) is 61.6 Å². The quantitative estimate of drug-likeness (QED) is 0.399. The molecular weight excluding hydrogens is 480 g/mol. The molecule has 2 aliphatic heterocycles. The van der Waals surface area contributed by atoms with Gasteiger partial charge in [-0.1, -0.05) is 30.3 Å². The highest BCUT2D eigenvalue weighted by Gasteiger charge is 2.24. The topological polar surface area (TPSA) is 97.8 Å². The van der Waals surface area contributed by atoms with Crippen molar-refractivity contribution in [2.75, 3.05) is 76.2 Å². The Labute approximate surface area is 222 Å². The summed E-state index contributed by atoms with van der Waals surface area (Å²) in [6.07, 6.45) is 0. The predicted molar refractivity (Wildman–Crippen MR) is 149 cm³/mol. The number of nitrogens with two attached hydrogens (primary N) is 1. The number of para-hydroxylation sites is 1. The zero-order valence-electron chi connectivity index (χ0n) is 21.8. The van der Waals surface area contributed by atoms with Crippen molar-refractivity contribution in [2.24, 2.45) is 7.05 Å². The van der Waals surface area contributed by atoms with E-state index in [4.69, 9.17) is 25.2 Å². The normalized spacial score (nSPS) is 17.2. The van der Waals surface area contributed by atoms with Crippen LogP contribution in [0.4, 0.5) is 11.8 Å². The number of nitrogen functional groups attached to an aromatic ring is 1. The van der Waals surface area contributed by atoms with Gasteiger partial charge < -0.3 is 20.1 Å². The van der Waals surface area contributed by atoms with Crippen molar-refractivity contribution in [2.45, 2.75) is 0 Å². The van der Waals surface area contributed by atoms with E-state index in [0.29, 0.717) is 17.4 Å². The molecule has 2 aromatic heterocycles. The lowest BCUT2D eigenvalue weighted by Crippen LogP contribution is -2.49. The number of aryl methyl sites for hydroxylation is 1. The number of anilines is 2. The first-order valence-corrected chi connectivity index (χ1v) is 13.2. The van der Waals surface area contributed by atoms with Crippen LogP contribution in [0.3, 0.4) is 0 Å². The maximum Gasteiger partial charge on any atom is 0.228 e. The molecule has 0 aliphatic carbocycles. The average molecular weight is 515 g/mol. The van der Waals surface area contributed by atoms with E-state index >= 15 is 0 Å². The van der Waals surface area contributed by atoms with Crippen molar-refractivity contribution < 1.29 is 9.47 Å². The first-order valence-electron chi connectivity index (χ1n) is 13.2. The lowest BCUT2D eigenvalue weighted by Gasteiger charge is -2.36. The summed E-state index contributed by atoms with van der Waals surface area (Å²) in [4.78, 5) is 17.1. The molecule has 2 aromatic carbocycles. The molecule has 0 amide bonds. The molecule has 0 unspecified atom stereocenters. The maximum atomic E-state index is 6.44. The van der Waals surface area contributed by atoms with Gasteiger partial charge in [0, 0.05) is 65.0 Å². The largest absolute Gasteiger partial charge is 0.457 e. The van der Waals surface area contributed by atoms with Gasteiger partial charge in [-0.25, -0.2) is 4.98 Å². The number of hydrogen-bond acceptors (Lipinski definition) is 9. The molecule has 2 saturated heterocycles. The first-order chi connectivity index (χ1) is 18.6. The molecule has 0 atom stereocenters. The molecule has 0 radical (unpaired) electrons. The van der Waals surface area contributed by atoms with E-state index in [-0.39, 0.29) is 0 Å². The van der Waals surface area contributed by atoms with Gasteiger partial charge in [-0.2, -0.15) is 10.1 Å². The molecule has 10 nitrogen and oxygen atoms in total. The third-order valence-corrected chi connectivity index (χ3v) is 7.31. The van der Waals surface area contributed by atoms with Crippen molar-refractivity contribution in [1.29, 1.82) is 0 Å². The monoisotopic (exact) mass is 514 g/mol. The number of aromatic nitrogens is 4. The van der Waals surface area contributed by atoms with Crippen molar-refractivity contribution in [3.8, 4) is 22.8 Å². The molecule has 6 rings (SSSR count). The summed E-state index contributed by atoms with van der Waals surface area (Å²) in [5.74, 6) is 2.75. The zero-order valence-corrected chi connectivity index (χ0v) is 21.8. The van der Waals surface area contributed by atoms with Gasteiger partial charge in [-0.15, -0.1) is 0 Å². The van der Waals surface area contributed by atoms with Crippen LogP contribution >= 0.6 is 0 Å². The Bertz CT molecular complexity index is 1380. The molecular formula is C28H34N8O2. The lowest BCUT2D eigenvalue weighted by molar-refractivity contribution is 0.0331. The molecule has 0 saturated carbocycles. The van der Waals surface area contributed by atoms with Crippen LogP contribution in [-0.4, -0.2) is 95.1 Å². The molecule has 38 heavy (non-hydrogen) atoms. The standard InChI is InChI=1S/C28H34N8O2/c1-33-26(29)24-25(21-6-5-9-23(20-21)38-22-7-3-2-4-8-22)30-28(31-27(24)32-33)36-14-12-34(13-15-36)10-11-35-16-18-37-19-17-35/h2-9,20H,10-19,29H2,1H3. The van der Waals surface area contributed by atoms with Crippen LogP contribution in [0.2, 0.25) is 0 Å². The van der Waals surface area contributed by atoms with Crippen LogP contribution < -0.4 is 15.4 Å². The van der Waals surface area contributed by atoms with E-state index in [0.717, 1.165) is 93.7 Å². The summed E-state index contributed by atoms with van der Waals surface area (Å²) in [6, 6.07) is 17.7. The summed E-state index contributed by atoms with van der Waals surface area (Å²) in [6.45, 7) is 9.60. The summed E-state index contributed by atoms with van der Waals surface area (Å²) in [5.41, 5.74) is 8.72. The van der Waals surface area contributed by atoms with Gasteiger partial charge in [0.05, 0.1) is 24.3 Å². The molecule has 4 heterocycles. The summed E-state index contributed by atoms with van der Waals surface area (Å²) < 4.78 is 13.2. The fraction of sp³-hybridized carbons (Fsp3) is 0.393. The van der Waals surface area contributed by atoms with Gasteiger partial charge in [0.1, 0.15) is 17.3 Å². The minimum atomic E-state index is 0.545. The third-order valence-electron chi connectivity index (χ3n) is 7.31. The smallest absolute Gasteiger partial charge is 0.228 e. The van der Waals surface area contributed by atoms with Crippen LogP contribution in [0.1, 0.15) is 0 Å². The van der Waals surface area contributed by atoms with Gasteiger partial charge in [0.25, 0.3) is 0 Å². The van der Waals surface area contributed by atoms with Crippen molar-refractivity contribution in [3.63, 3.8) is 0 Å². The van der Waals surface area contributed by atoms with Crippen LogP contribution in [0.5, 0.6) is 11.5 Å². The Morgan fingerprint density at radius 2 is 1.55 bits per heavy atom. The van der Waals surface area contributed by atoms with E-state index < -0.39 is 0 Å². The van der Waals surface area contributed by atoms with Crippen LogP contribution in [0.25, 0.3) is 22.3 Å². The van der Waals surface area contributed by atoms with Crippen LogP contribution in [-0.2, 0) is 11.8 Å². The van der Waals surface area contributed by atoms with Crippen LogP contribution in [0, 0.1) is 0 Å². The highest BCUT2D eigenvalue weighted by Crippen LogP contribution is 2.34. The van der Waals surface area contributed by atoms with E-state index in [2.05, 4.69) is 19.8 Å². The summed E-state index contributed by atoms with van der Waals surface area (Å²) in [5, 5.41) is 5.36. The second-order valence-electron chi connectivity index (χ2n) is 9.81. The SMILES string of the molecule is Cn1nc2nc(N3CCN(CCN4CCOCC4)CC3)nc(-c3cccc(Oc4ccccc4)c3)c2c1N. The van der Waals surface area contributed by atoms with E-state index in [1.54, 1.807) is 4.68 Å². The molecule has 2 fully saturated rings. The second kappa shape index (κ2) is 10.9. The number of ether oxygens (including phenoxy) is 2. The van der Waals surface area contributed by atoms with E-state index in [1.165, 1.54) is 0 Å². The van der Waals surface area contributed by atoms with Crippen LogP contribution in [0.15, 0.2) is 54.6 Å². The Hall–Kier alpha value is -3.73. The number of piperazine rings is 1. The third kappa shape index (κ3) is 5.28. The number of benzene rings is 2. The van der Waals surface area contributed by atoms with Crippen molar-refractivity contribution in [1.82, 2.24) is 29.5 Å². The Morgan fingerprint density at radius 3 is 2.32 bits per heavy atom. The summed E-state index contributed by atoms with van der Waals surface area (Å²) in [7, 11) is 1.84. The number of morpholine rings is 1. The number of fused-ring (bicyclic) bond motifs is 1. The van der Waals surface area contributed by atoms with Gasteiger partial charge in [0.15, 0.2) is 5.65 Å². The Balaban J connectivity index is 1.23. The van der Waals surface area contributed by atoms with Crippen molar-refractivity contribution >= 4 is 22.8 Å². The molecule has 2 aliphatic rings. The molecule has 0 bridgehead atoms. The van der Waals surface area contributed by atoms with E-state index in [9.17, 15) is 0 Å². The minimum absolute atomic E-state index is 0.545. The molecule has 2 N–H and O–H groups in total. The maximum absolute atomic E-state index is 6.44. The van der Waals surface area contributed by atoms with Crippen molar-refractivity contribution in [3.05, 3.63) is 54.6 Å². The number of nitrogens with zero attached hydrogens (tertiary/aromatic N) is 7. The highest BCUT2D eigenvalue weighted by atomic mass is 16.5. The fourth-order valence-corrected chi connectivity index (χ4v) is 5.06. The number of hydrogen-bond donors (Lipinski definition) is 1. The average Bonchev–Trinajstić information content (AvgIpc) is 3.26. The highest BCUT2D eigenvalue weighted by molar-refractivity contribution is 5.99. The predicted octanol–water partition coefficient (Wildman–Crippen LogP) is 2.86. The zero-order chi connectivity index (χ0) is 25.9. The van der Waals surface area contributed by atoms with Gasteiger partial charge >= 0.3 is 0 Å². The number of rotatable bonds is 7. The minimum Gasteiger partial charge on any atom is -0.457 e. The van der Waals surface area contributed by atoms with Gasteiger partial charge in [0.2, 0.25) is 5.95 Å².